The van der Waals surface area contributed by atoms with E-state index in [1.165, 1.54) is 24.8 Å². The number of rotatable bonds is 10. The van der Waals surface area contributed by atoms with E-state index in [4.69, 9.17) is 24.5 Å². The van der Waals surface area contributed by atoms with Gasteiger partial charge in [-0.05, 0) is 56.0 Å². The van der Waals surface area contributed by atoms with Crippen molar-refractivity contribution in [2.75, 3.05) is 19.7 Å². The van der Waals surface area contributed by atoms with Crippen LogP contribution in [0.4, 0.5) is 0 Å². The Balaban J connectivity index is 0.000000823. The van der Waals surface area contributed by atoms with E-state index in [-0.39, 0.29) is 0 Å². The van der Waals surface area contributed by atoms with Gasteiger partial charge in [0.2, 0.25) is 0 Å². The van der Waals surface area contributed by atoms with Gasteiger partial charge in [-0.2, -0.15) is 0 Å². The molecule has 0 unspecified atom stereocenters. The Bertz CT molecular complexity index is 490. The summed E-state index contributed by atoms with van der Waals surface area (Å²) in [4.78, 5) is 18.2. The molecule has 0 saturated carbocycles. The van der Waals surface area contributed by atoms with Crippen LogP contribution in [0.3, 0.4) is 0 Å². The fourth-order valence-corrected chi connectivity index (χ4v) is 1.93. The highest BCUT2D eigenvalue weighted by Crippen LogP contribution is 2.20. The zero-order valence-electron chi connectivity index (χ0n) is 15.5. The highest BCUT2D eigenvalue weighted by molar-refractivity contribution is 6.27. The minimum atomic E-state index is -1.82. The summed E-state index contributed by atoms with van der Waals surface area (Å²) in [6.45, 7) is 9.71. The lowest BCUT2D eigenvalue weighted by molar-refractivity contribution is -0.159. The Hall–Kier alpha value is -2.08. The summed E-state index contributed by atoms with van der Waals surface area (Å²) in [5.41, 5.74) is 1.35. The van der Waals surface area contributed by atoms with Gasteiger partial charge in [0.05, 0.1) is 6.61 Å². The maximum Gasteiger partial charge on any atom is 0.414 e. The molecule has 25 heavy (non-hydrogen) atoms. The summed E-state index contributed by atoms with van der Waals surface area (Å²) in [5, 5.41) is 18.2. The average Bonchev–Trinajstić information content (AvgIpc) is 2.58. The topological polar surface area (TPSA) is 95.9 Å². The largest absolute Gasteiger partial charge is 0.494 e. The molecule has 0 bridgehead atoms. The number of ether oxygens (including phenoxy) is 1. The number of carboxylic acid groups (broad SMARTS) is 2. The predicted octanol–water partition coefficient (Wildman–Crippen LogP) is 3.51. The van der Waals surface area contributed by atoms with Crippen LogP contribution in [0.5, 0.6) is 5.75 Å². The summed E-state index contributed by atoms with van der Waals surface area (Å²) in [6.07, 6.45) is 4.85. The van der Waals surface area contributed by atoms with Crippen LogP contribution < -0.4 is 10.1 Å². The number of hydrogen-bond acceptors (Lipinski definition) is 4. The molecule has 0 saturated heterocycles. The first-order chi connectivity index (χ1) is 11.9. The first-order valence-corrected chi connectivity index (χ1v) is 8.78. The van der Waals surface area contributed by atoms with E-state index < -0.39 is 11.9 Å². The SMILES string of the molecule is CCCCNCCCCOc1cccc(C(C)C)c1.O=C(O)C(=O)O. The van der Waals surface area contributed by atoms with E-state index >= 15 is 0 Å². The first-order valence-electron chi connectivity index (χ1n) is 8.78. The molecule has 0 fully saturated rings. The van der Waals surface area contributed by atoms with Gasteiger partial charge in [0, 0.05) is 0 Å². The van der Waals surface area contributed by atoms with Crippen molar-refractivity contribution in [3.8, 4) is 5.75 Å². The van der Waals surface area contributed by atoms with Gasteiger partial charge in [-0.15, -0.1) is 0 Å². The number of carboxylic acids is 2. The summed E-state index contributed by atoms with van der Waals surface area (Å²) in [6, 6.07) is 8.45. The third-order valence-corrected chi connectivity index (χ3v) is 3.43. The van der Waals surface area contributed by atoms with E-state index in [2.05, 4.69) is 44.3 Å². The number of carbonyl (C=O) groups is 2. The zero-order valence-corrected chi connectivity index (χ0v) is 15.5. The lowest BCUT2D eigenvalue weighted by Crippen LogP contribution is -2.17. The van der Waals surface area contributed by atoms with E-state index in [9.17, 15) is 0 Å². The van der Waals surface area contributed by atoms with Crippen LogP contribution in [0.2, 0.25) is 0 Å². The molecule has 0 heterocycles. The quantitative estimate of drug-likeness (QED) is 0.440. The molecule has 0 atom stereocenters. The highest BCUT2D eigenvalue weighted by Gasteiger charge is 2.04. The monoisotopic (exact) mass is 353 g/mol. The van der Waals surface area contributed by atoms with Crippen LogP contribution in [0, 0.1) is 0 Å². The third kappa shape index (κ3) is 12.9. The Labute approximate surface area is 150 Å². The molecular weight excluding hydrogens is 322 g/mol. The zero-order chi connectivity index (χ0) is 19.1. The van der Waals surface area contributed by atoms with Gasteiger partial charge in [-0.1, -0.05) is 39.3 Å². The Morgan fingerprint density at radius 3 is 2.28 bits per heavy atom. The molecule has 6 nitrogen and oxygen atoms in total. The number of hydrogen-bond donors (Lipinski definition) is 3. The Morgan fingerprint density at radius 1 is 1.08 bits per heavy atom. The second-order valence-electron chi connectivity index (χ2n) is 6.00. The van der Waals surface area contributed by atoms with Crippen molar-refractivity contribution in [1.29, 1.82) is 0 Å². The molecule has 142 valence electrons. The summed E-state index contributed by atoms with van der Waals surface area (Å²) in [7, 11) is 0. The standard InChI is InChI=1S/C17H29NO.C2H2O4/c1-4-5-11-18-12-6-7-13-19-17-10-8-9-16(14-17)15(2)3;3-1(4)2(5)6/h8-10,14-15,18H,4-7,11-13H2,1-3H3;(H,3,4)(H,5,6). The summed E-state index contributed by atoms with van der Waals surface area (Å²) < 4.78 is 5.80. The minimum absolute atomic E-state index is 0.561. The second kappa shape index (κ2) is 14.3. The number of unbranched alkanes of at least 4 members (excludes halogenated alkanes) is 2. The van der Waals surface area contributed by atoms with Crippen LogP contribution >= 0.6 is 0 Å². The molecule has 0 aliphatic heterocycles. The van der Waals surface area contributed by atoms with Crippen molar-refractivity contribution in [3.63, 3.8) is 0 Å². The second-order valence-corrected chi connectivity index (χ2v) is 6.00. The summed E-state index contributed by atoms with van der Waals surface area (Å²) >= 11 is 0. The maximum atomic E-state index is 9.10. The molecule has 0 amide bonds. The van der Waals surface area contributed by atoms with E-state index in [1.807, 2.05) is 6.07 Å². The molecule has 6 heteroatoms. The molecule has 1 aromatic rings. The average molecular weight is 353 g/mol. The van der Waals surface area contributed by atoms with Gasteiger partial charge in [-0.3, -0.25) is 0 Å². The van der Waals surface area contributed by atoms with Gasteiger partial charge in [0.1, 0.15) is 5.75 Å². The van der Waals surface area contributed by atoms with Crippen molar-refractivity contribution in [2.45, 2.75) is 52.4 Å². The number of benzene rings is 1. The van der Waals surface area contributed by atoms with Gasteiger partial charge < -0.3 is 20.3 Å². The van der Waals surface area contributed by atoms with Crippen molar-refractivity contribution >= 4 is 11.9 Å². The fraction of sp³-hybridized carbons (Fsp3) is 0.579. The smallest absolute Gasteiger partial charge is 0.414 e. The molecule has 0 aromatic heterocycles. The molecule has 1 rings (SSSR count). The van der Waals surface area contributed by atoms with Crippen LogP contribution in [0.1, 0.15) is 57.9 Å². The van der Waals surface area contributed by atoms with Gasteiger partial charge in [0.25, 0.3) is 0 Å². The minimum Gasteiger partial charge on any atom is -0.494 e. The normalized spacial score (nSPS) is 10.1. The molecule has 0 radical (unpaired) electrons. The highest BCUT2D eigenvalue weighted by atomic mass is 16.5. The van der Waals surface area contributed by atoms with Gasteiger partial charge >= 0.3 is 11.9 Å². The molecule has 0 aliphatic rings. The van der Waals surface area contributed by atoms with Crippen LogP contribution in [-0.2, 0) is 9.59 Å². The molecule has 0 aliphatic carbocycles. The van der Waals surface area contributed by atoms with Gasteiger partial charge in [-0.25, -0.2) is 9.59 Å². The number of aliphatic carboxylic acids is 2. The Kier molecular flexibility index (Phi) is 13.1. The van der Waals surface area contributed by atoms with Crippen LogP contribution in [0.15, 0.2) is 24.3 Å². The number of nitrogens with one attached hydrogen (secondary N) is 1. The molecule has 0 spiro atoms. The van der Waals surface area contributed by atoms with Crippen molar-refractivity contribution in [1.82, 2.24) is 5.32 Å². The van der Waals surface area contributed by atoms with E-state index in [1.54, 1.807) is 0 Å². The third-order valence-electron chi connectivity index (χ3n) is 3.43. The van der Waals surface area contributed by atoms with Crippen LogP contribution in [0.25, 0.3) is 0 Å². The van der Waals surface area contributed by atoms with Crippen LogP contribution in [-0.4, -0.2) is 41.8 Å². The van der Waals surface area contributed by atoms with Gasteiger partial charge in [0.15, 0.2) is 0 Å². The van der Waals surface area contributed by atoms with E-state index in [0.29, 0.717) is 5.92 Å². The Morgan fingerprint density at radius 2 is 1.72 bits per heavy atom. The first kappa shape index (κ1) is 22.9. The molecular formula is C19H31NO5. The summed E-state index contributed by atoms with van der Waals surface area (Å²) in [5.74, 6) is -2.08. The maximum absolute atomic E-state index is 9.10. The van der Waals surface area contributed by atoms with Crippen molar-refractivity contribution in [2.24, 2.45) is 0 Å². The van der Waals surface area contributed by atoms with E-state index in [0.717, 1.165) is 31.9 Å². The lowest BCUT2D eigenvalue weighted by Gasteiger charge is -2.10. The molecule has 1 aromatic carbocycles. The predicted molar refractivity (Wildman–Crippen MR) is 98.3 cm³/mol. The fourth-order valence-electron chi connectivity index (χ4n) is 1.93. The van der Waals surface area contributed by atoms with Crippen molar-refractivity contribution < 1.29 is 24.5 Å². The lowest BCUT2D eigenvalue weighted by atomic mass is 10.0. The molecule has 3 N–H and O–H groups in total. The van der Waals surface area contributed by atoms with Crippen molar-refractivity contribution in [3.05, 3.63) is 29.8 Å².